The first-order chi connectivity index (χ1) is 11.7. The van der Waals surface area contributed by atoms with Crippen LogP contribution < -0.4 is 5.32 Å². The van der Waals surface area contributed by atoms with Gasteiger partial charge in [-0.05, 0) is 41.8 Å². The SMILES string of the molecule is Cc1cnc(Cl)nc1-c1ccc(NCc2ccc(C=O)cc2)cc1. The van der Waals surface area contributed by atoms with Crippen molar-refractivity contribution in [2.24, 2.45) is 0 Å². The summed E-state index contributed by atoms with van der Waals surface area (Å²) >= 11 is 5.88. The predicted octanol–water partition coefficient (Wildman–Crippen LogP) is 4.53. The number of nitrogens with one attached hydrogen (secondary N) is 1. The number of aryl methyl sites for hydroxylation is 1. The highest BCUT2D eigenvalue weighted by Crippen LogP contribution is 2.23. The summed E-state index contributed by atoms with van der Waals surface area (Å²) in [6.07, 6.45) is 2.57. The van der Waals surface area contributed by atoms with Gasteiger partial charge in [0.1, 0.15) is 6.29 Å². The zero-order valence-electron chi connectivity index (χ0n) is 13.2. The van der Waals surface area contributed by atoms with Gasteiger partial charge in [0.15, 0.2) is 0 Å². The topological polar surface area (TPSA) is 54.9 Å². The van der Waals surface area contributed by atoms with Gasteiger partial charge in [0.05, 0.1) is 5.69 Å². The molecule has 0 aliphatic carbocycles. The van der Waals surface area contributed by atoms with Gasteiger partial charge in [0, 0.05) is 29.6 Å². The molecule has 0 aliphatic heterocycles. The van der Waals surface area contributed by atoms with Gasteiger partial charge in [0.2, 0.25) is 5.28 Å². The highest BCUT2D eigenvalue weighted by atomic mass is 35.5. The van der Waals surface area contributed by atoms with Crippen molar-refractivity contribution in [1.82, 2.24) is 9.97 Å². The number of benzene rings is 2. The summed E-state index contributed by atoms with van der Waals surface area (Å²) in [5, 5.41) is 3.60. The number of anilines is 1. The first kappa shape index (κ1) is 16.1. The van der Waals surface area contributed by atoms with Crippen LogP contribution in [-0.4, -0.2) is 16.3 Å². The lowest BCUT2D eigenvalue weighted by Crippen LogP contribution is -1.99. The Morgan fingerprint density at radius 1 is 1.08 bits per heavy atom. The van der Waals surface area contributed by atoms with E-state index in [-0.39, 0.29) is 5.28 Å². The van der Waals surface area contributed by atoms with E-state index >= 15 is 0 Å². The number of hydrogen-bond acceptors (Lipinski definition) is 4. The third-order valence-corrected chi connectivity index (χ3v) is 3.90. The highest BCUT2D eigenvalue weighted by Gasteiger charge is 2.05. The number of aldehydes is 1. The summed E-state index contributed by atoms with van der Waals surface area (Å²) in [4.78, 5) is 18.9. The molecule has 2 aromatic carbocycles. The lowest BCUT2D eigenvalue weighted by Gasteiger charge is -2.09. The van der Waals surface area contributed by atoms with Crippen molar-refractivity contribution in [1.29, 1.82) is 0 Å². The molecule has 0 atom stereocenters. The number of hydrogen-bond donors (Lipinski definition) is 1. The molecular formula is C19H16ClN3O. The van der Waals surface area contributed by atoms with E-state index in [1.54, 1.807) is 6.20 Å². The van der Waals surface area contributed by atoms with E-state index in [1.807, 2.05) is 55.5 Å². The Balaban J connectivity index is 1.70. The Bertz CT molecular complexity index is 845. The van der Waals surface area contributed by atoms with Crippen LogP contribution in [0.4, 0.5) is 5.69 Å². The van der Waals surface area contributed by atoms with Crippen LogP contribution in [0.1, 0.15) is 21.5 Å². The Labute approximate surface area is 145 Å². The second-order valence-corrected chi connectivity index (χ2v) is 5.80. The van der Waals surface area contributed by atoms with Crippen LogP contribution in [0, 0.1) is 6.92 Å². The van der Waals surface area contributed by atoms with Crippen molar-refractivity contribution in [3.63, 3.8) is 0 Å². The molecule has 0 saturated carbocycles. The maximum atomic E-state index is 10.7. The van der Waals surface area contributed by atoms with Gasteiger partial charge in [-0.1, -0.05) is 36.4 Å². The Morgan fingerprint density at radius 3 is 2.46 bits per heavy atom. The van der Waals surface area contributed by atoms with Gasteiger partial charge in [-0.25, -0.2) is 9.97 Å². The summed E-state index contributed by atoms with van der Waals surface area (Å²) in [7, 11) is 0. The molecule has 3 rings (SSSR count). The molecule has 1 N–H and O–H groups in total. The molecule has 24 heavy (non-hydrogen) atoms. The molecule has 3 aromatic rings. The van der Waals surface area contributed by atoms with E-state index in [9.17, 15) is 4.79 Å². The molecule has 0 radical (unpaired) electrons. The van der Waals surface area contributed by atoms with Crippen LogP contribution >= 0.6 is 11.6 Å². The van der Waals surface area contributed by atoms with Gasteiger partial charge >= 0.3 is 0 Å². The lowest BCUT2D eigenvalue weighted by atomic mass is 10.1. The largest absolute Gasteiger partial charge is 0.381 e. The molecule has 0 bridgehead atoms. The van der Waals surface area contributed by atoms with Crippen molar-refractivity contribution >= 4 is 23.6 Å². The third-order valence-electron chi connectivity index (χ3n) is 3.71. The van der Waals surface area contributed by atoms with Crippen LogP contribution in [-0.2, 0) is 6.54 Å². The number of halogens is 1. The fraction of sp³-hybridized carbons (Fsp3) is 0.105. The zero-order chi connectivity index (χ0) is 16.9. The summed E-state index contributed by atoms with van der Waals surface area (Å²) in [5.41, 5.74) is 5.63. The van der Waals surface area contributed by atoms with Gasteiger partial charge in [0.25, 0.3) is 0 Å². The number of nitrogens with zero attached hydrogens (tertiary/aromatic N) is 2. The maximum Gasteiger partial charge on any atom is 0.222 e. The van der Waals surface area contributed by atoms with Gasteiger partial charge in [-0.15, -0.1) is 0 Å². The normalized spacial score (nSPS) is 10.4. The quantitative estimate of drug-likeness (QED) is 0.549. The van der Waals surface area contributed by atoms with Gasteiger partial charge < -0.3 is 5.32 Å². The lowest BCUT2D eigenvalue weighted by molar-refractivity contribution is 0.112. The summed E-state index contributed by atoms with van der Waals surface area (Å²) in [6.45, 7) is 2.65. The molecule has 0 spiro atoms. The molecule has 4 nitrogen and oxygen atoms in total. The second-order valence-electron chi connectivity index (χ2n) is 5.46. The van der Waals surface area contributed by atoms with Crippen LogP contribution in [0.15, 0.2) is 54.7 Å². The molecule has 0 aliphatic rings. The maximum absolute atomic E-state index is 10.7. The fourth-order valence-corrected chi connectivity index (χ4v) is 2.51. The number of aromatic nitrogens is 2. The van der Waals surface area contributed by atoms with E-state index in [0.717, 1.165) is 34.4 Å². The summed E-state index contributed by atoms with van der Waals surface area (Å²) in [6, 6.07) is 15.5. The molecule has 0 amide bonds. The Kier molecular flexibility index (Phi) is 4.87. The average molecular weight is 338 g/mol. The smallest absolute Gasteiger partial charge is 0.222 e. The predicted molar refractivity (Wildman–Crippen MR) is 96.4 cm³/mol. The molecule has 1 aromatic heterocycles. The van der Waals surface area contributed by atoms with Crippen LogP contribution in [0.25, 0.3) is 11.3 Å². The first-order valence-electron chi connectivity index (χ1n) is 7.53. The zero-order valence-corrected chi connectivity index (χ0v) is 13.9. The van der Waals surface area contributed by atoms with Crippen molar-refractivity contribution in [2.45, 2.75) is 13.5 Å². The molecule has 5 heteroatoms. The fourth-order valence-electron chi connectivity index (χ4n) is 2.38. The summed E-state index contributed by atoms with van der Waals surface area (Å²) < 4.78 is 0. The molecule has 0 unspecified atom stereocenters. The number of rotatable bonds is 5. The van der Waals surface area contributed by atoms with Crippen molar-refractivity contribution in [3.05, 3.63) is 76.7 Å². The molecule has 0 saturated heterocycles. The van der Waals surface area contributed by atoms with Crippen molar-refractivity contribution < 1.29 is 4.79 Å². The minimum absolute atomic E-state index is 0.247. The molecular weight excluding hydrogens is 322 g/mol. The standard InChI is InChI=1S/C19H16ClN3O/c1-13-10-22-19(20)23-18(13)16-6-8-17(9-7-16)21-11-14-2-4-15(12-24)5-3-14/h2-10,12,21H,11H2,1H3. The molecule has 1 heterocycles. The molecule has 120 valence electrons. The third kappa shape index (κ3) is 3.78. The van der Waals surface area contributed by atoms with E-state index in [0.29, 0.717) is 12.1 Å². The molecule has 0 fully saturated rings. The van der Waals surface area contributed by atoms with Crippen LogP contribution in [0.2, 0.25) is 5.28 Å². The van der Waals surface area contributed by atoms with E-state index in [2.05, 4.69) is 15.3 Å². The van der Waals surface area contributed by atoms with Crippen molar-refractivity contribution in [2.75, 3.05) is 5.32 Å². The monoisotopic (exact) mass is 337 g/mol. The van der Waals surface area contributed by atoms with Gasteiger partial charge in [-0.3, -0.25) is 4.79 Å². The second kappa shape index (κ2) is 7.23. The average Bonchev–Trinajstić information content (AvgIpc) is 2.63. The van der Waals surface area contributed by atoms with Crippen LogP contribution in [0.3, 0.4) is 0 Å². The van der Waals surface area contributed by atoms with Crippen molar-refractivity contribution in [3.8, 4) is 11.3 Å². The van der Waals surface area contributed by atoms with E-state index in [1.165, 1.54) is 0 Å². The van der Waals surface area contributed by atoms with E-state index in [4.69, 9.17) is 11.6 Å². The summed E-state index contributed by atoms with van der Waals surface area (Å²) in [5.74, 6) is 0. The first-order valence-corrected chi connectivity index (χ1v) is 7.91. The highest BCUT2D eigenvalue weighted by molar-refractivity contribution is 6.28. The Hall–Kier alpha value is -2.72. The minimum atomic E-state index is 0.247. The number of carbonyl (C=O) groups excluding carboxylic acids is 1. The number of carbonyl (C=O) groups is 1. The van der Waals surface area contributed by atoms with Gasteiger partial charge in [-0.2, -0.15) is 0 Å². The minimum Gasteiger partial charge on any atom is -0.381 e. The van der Waals surface area contributed by atoms with E-state index < -0.39 is 0 Å². The Morgan fingerprint density at radius 2 is 1.79 bits per heavy atom. The van der Waals surface area contributed by atoms with Crippen LogP contribution in [0.5, 0.6) is 0 Å².